The smallest absolute Gasteiger partial charge is 0.302 e. The van der Waals surface area contributed by atoms with Crippen LogP contribution in [0.3, 0.4) is 0 Å². The van der Waals surface area contributed by atoms with Crippen molar-refractivity contribution in [1.29, 1.82) is 0 Å². The summed E-state index contributed by atoms with van der Waals surface area (Å²) in [6.07, 6.45) is -3.73. The Balaban J connectivity index is 2.88. The van der Waals surface area contributed by atoms with Crippen molar-refractivity contribution in [2.45, 2.75) is 37.4 Å². The van der Waals surface area contributed by atoms with Crippen LogP contribution in [0.25, 0.3) is 0 Å². The Labute approximate surface area is 139 Å². The lowest BCUT2D eigenvalue weighted by Gasteiger charge is -2.23. The third kappa shape index (κ3) is 5.63. The molecule has 1 rings (SSSR count). The summed E-state index contributed by atoms with van der Waals surface area (Å²) in [6, 6.07) is 2.50. The van der Waals surface area contributed by atoms with Crippen LogP contribution in [0.2, 0.25) is 5.02 Å². The van der Waals surface area contributed by atoms with Crippen LogP contribution in [-0.2, 0) is 16.2 Å². The van der Waals surface area contributed by atoms with Crippen molar-refractivity contribution in [3.05, 3.63) is 28.8 Å². The van der Waals surface area contributed by atoms with E-state index < -0.39 is 26.7 Å². The normalized spacial score (nSPS) is 14.3. The second kappa shape index (κ2) is 7.83. The minimum atomic E-state index is -4.63. The van der Waals surface area contributed by atoms with Gasteiger partial charge < -0.3 is 4.90 Å². The predicted octanol–water partition coefficient (Wildman–Crippen LogP) is 3.37. The van der Waals surface area contributed by atoms with E-state index in [1.807, 2.05) is 25.8 Å². The first kappa shape index (κ1) is 20.2. The third-order valence-corrected chi connectivity index (χ3v) is 5.59. The number of sulfonamides is 1. The Hall–Kier alpha value is -0.830. The molecule has 4 nitrogen and oxygen atoms in total. The molecular weight excluding hydrogens is 353 g/mol. The second-order valence-electron chi connectivity index (χ2n) is 5.28. The summed E-state index contributed by atoms with van der Waals surface area (Å²) in [6.45, 7) is 4.52. The van der Waals surface area contributed by atoms with Crippen molar-refractivity contribution in [2.24, 2.45) is 0 Å². The van der Waals surface area contributed by atoms with Gasteiger partial charge in [0.05, 0.1) is 10.6 Å². The number of benzene rings is 1. The summed E-state index contributed by atoms with van der Waals surface area (Å²) >= 11 is 5.75. The van der Waals surface area contributed by atoms with Gasteiger partial charge in [0, 0.05) is 19.1 Å². The van der Waals surface area contributed by atoms with E-state index in [4.69, 9.17) is 11.6 Å². The Morgan fingerprint density at radius 1 is 1.35 bits per heavy atom. The van der Waals surface area contributed by atoms with E-state index in [1.165, 1.54) is 0 Å². The number of nitrogens with one attached hydrogen (secondary N) is 1. The van der Waals surface area contributed by atoms with E-state index in [-0.39, 0.29) is 17.6 Å². The van der Waals surface area contributed by atoms with Crippen LogP contribution >= 0.6 is 11.6 Å². The summed E-state index contributed by atoms with van der Waals surface area (Å²) in [5, 5.41) is -0.249. The number of hydrogen-bond donors (Lipinski definition) is 1. The molecule has 1 N–H and O–H groups in total. The summed E-state index contributed by atoms with van der Waals surface area (Å²) in [4.78, 5) is 1.39. The summed E-state index contributed by atoms with van der Waals surface area (Å²) < 4.78 is 64.8. The molecule has 1 aromatic carbocycles. The van der Waals surface area contributed by atoms with Crippen LogP contribution in [0, 0.1) is 0 Å². The van der Waals surface area contributed by atoms with Crippen LogP contribution in [0.15, 0.2) is 23.1 Å². The van der Waals surface area contributed by atoms with E-state index in [0.717, 1.165) is 18.6 Å². The Morgan fingerprint density at radius 3 is 2.48 bits per heavy atom. The van der Waals surface area contributed by atoms with Gasteiger partial charge in [0.2, 0.25) is 10.0 Å². The second-order valence-corrected chi connectivity index (χ2v) is 7.42. The molecule has 0 spiro atoms. The lowest BCUT2D eigenvalue weighted by Crippen LogP contribution is -2.37. The van der Waals surface area contributed by atoms with Crippen molar-refractivity contribution in [3.63, 3.8) is 0 Å². The zero-order valence-corrected chi connectivity index (χ0v) is 14.7. The highest BCUT2D eigenvalue weighted by Crippen LogP contribution is 2.33. The molecule has 0 saturated carbocycles. The average molecular weight is 373 g/mol. The maximum Gasteiger partial charge on any atom is 0.416 e. The van der Waals surface area contributed by atoms with Gasteiger partial charge in [0.25, 0.3) is 0 Å². The van der Waals surface area contributed by atoms with E-state index in [2.05, 4.69) is 4.72 Å². The number of alkyl halides is 3. The summed E-state index contributed by atoms with van der Waals surface area (Å²) in [7, 11) is -2.26. The van der Waals surface area contributed by atoms with Crippen molar-refractivity contribution in [3.8, 4) is 0 Å². The first-order chi connectivity index (χ1) is 10.5. The van der Waals surface area contributed by atoms with Gasteiger partial charge in [-0.3, -0.25) is 0 Å². The molecule has 0 heterocycles. The van der Waals surface area contributed by atoms with Gasteiger partial charge in [-0.05, 0) is 38.6 Å². The molecule has 132 valence electrons. The Kier molecular flexibility index (Phi) is 6.88. The van der Waals surface area contributed by atoms with E-state index in [0.29, 0.717) is 12.6 Å². The molecule has 0 bridgehead atoms. The molecule has 1 unspecified atom stereocenters. The number of nitrogens with zero attached hydrogens (tertiary/aromatic N) is 1. The molecule has 0 aliphatic heterocycles. The standard InChI is InChI=1S/C14H20ClF3N2O2S/c1-4-10(2)20(3)8-7-19-23(21,22)13-9-11(14(16,17)18)5-6-12(13)15/h5-6,9-10,19H,4,7-8H2,1-3H3. The molecule has 9 heteroatoms. The molecule has 0 saturated heterocycles. The molecule has 0 aromatic heterocycles. The highest BCUT2D eigenvalue weighted by atomic mass is 35.5. The number of likely N-dealkylation sites (N-methyl/N-ethyl adjacent to an activating group) is 1. The fraction of sp³-hybridized carbons (Fsp3) is 0.571. The quantitative estimate of drug-likeness (QED) is 0.798. The maximum atomic E-state index is 12.7. The van der Waals surface area contributed by atoms with Crippen LogP contribution in [0.1, 0.15) is 25.8 Å². The molecule has 1 aromatic rings. The minimum Gasteiger partial charge on any atom is -0.302 e. The molecule has 23 heavy (non-hydrogen) atoms. The zero-order valence-electron chi connectivity index (χ0n) is 13.1. The van der Waals surface area contributed by atoms with Gasteiger partial charge in [0.15, 0.2) is 0 Å². The van der Waals surface area contributed by atoms with Crippen LogP contribution < -0.4 is 4.72 Å². The molecule has 0 radical (unpaired) electrons. The number of rotatable bonds is 7. The largest absolute Gasteiger partial charge is 0.416 e. The third-order valence-electron chi connectivity index (χ3n) is 3.65. The van der Waals surface area contributed by atoms with Crippen LogP contribution in [-0.4, -0.2) is 39.5 Å². The SMILES string of the molecule is CCC(C)N(C)CCNS(=O)(=O)c1cc(C(F)(F)F)ccc1Cl. The first-order valence-corrected chi connectivity index (χ1v) is 8.91. The Morgan fingerprint density at radius 2 is 1.96 bits per heavy atom. The Bertz CT molecular complexity index is 635. The van der Waals surface area contributed by atoms with Crippen LogP contribution in [0.4, 0.5) is 13.2 Å². The highest BCUT2D eigenvalue weighted by molar-refractivity contribution is 7.89. The maximum absolute atomic E-state index is 12.7. The molecule has 0 fully saturated rings. The highest BCUT2D eigenvalue weighted by Gasteiger charge is 2.32. The molecule has 0 aliphatic rings. The van der Waals surface area contributed by atoms with Crippen LogP contribution in [0.5, 0.6) is 0 Å². The first-order valence-electron chi connectivity index (χ1n) is 7.05. The van der Waals surface area contributed by atoms with Gasteiger partial charge in [-0.1, -0.05) is 18.5 Å². The van der Waals surface area contributed by atoms with Crippen molar-refractivity contribution < 1.29 is 21.6 Å². The van der Waals surface area contributed by atoms with Crippen molar-refractivity contribution >= 4 is 21.6 Å². The lowest BCUT2D eigenvalue weighted by molar-refractivity contribution is -0.137. The van der Waals surface area contributed by atoms with E-state index >= 15 is 0 Å². The molecule has 0 aliphatic carbocycles. The monoisotopic (exact) mass is 372 g/mol. The fourth-order valence-electron chi connectivity index (χ4n) is 1.85. The molecule has 1 atom stereocenters. The van der Waals surface area contributed by atoms with Crippen molar-refractivity contribution in [1.82, 2.24) is 9.62 Å². The van der Waals surface area contributed by atoms with Crippen molar-refractivity contribution in [2.75, 3.05) is 20.1 Å². The van der Waals surface area contributed by atoms with Gasteiger partial charge in [-0.2, -0.15) is 13.2 Å². The minimum absolute atomic E-state index is 0.0791. The van der Waals surface area contributed by atoms with Gasteiger partial charge in [-0.25, -0.2) is 13.1 Å². The molecule has 0 amide bonds. The van der Waals surface area contributed by atoms with Gasteiger partial charge in [0.1, 0.15) is 4.90 Å². The topological polar surface area (TPSA) is 49.4 Å². The van der Waals surface area contributed by atoms with E-state index in [9.17, 15) is 21.6 Å². The summed E-state index contributed by atoms with van der Waals surface area (Å²) in [5.41, 5.74) is -1.06. The predicted molar refractivity (Wildman–Crippen MR) is 84.0 cm³/mol. The molecular formula is C14H20ClF3N2O2S. The van der Waals surface area contributed by atoms with Gasteiger partial charge >= 0.3 is 6.18 Å². The fourth-order valence-corrected chi connectivity index (χ4v) is 3.40. The summed E-state index contributed by atoms with van der Waals surface area (Å²) in [5.74, 6) is 0. The average Bonchev–Trinajstić information content (AvgIpc) is 2.45. The zero-order chi connectivity index (χ0) is 17.8. The van der Waals surface area contributed by atoms with Gasteiger partial charge in [-0.15, -0.1) is 0 Å². The number of halogens is 4. The van der Waals surface area contributed by atoms with E-state index in [1.54, 1.807) is 0 Å². The number of hydrogen-bond acceptors (Lipinski definition) is 3. The lowest BCUT2D eigenvalue weighted by atomic mass is 10.2.